The minimum Gasteiger partial charge on any atom is -0.322 e. The van der Waals surface area contributed by atoms with E-state index in [1.807, 2.05) is 0 Å². The van der Waals surface area contributed by atoms with Gasteiger partial charge in [-0.15, -0.1) is 5.10 Å². The van der Waals surface area contributed by atoms with Gasteiger partial charge in [-0.25, -0.2) is 9.67 Å². The SMILES string of the molecule is O=C1CCC(N2Cc3ccc(-n4cc(C(=O)Nc5cnc6cc[nH]n6c5=O)nn4)cc3C2=O)C(=O)N1. The quantitative estimate of drug-likeness (QED) is 0.326. The normalized spacial score (nSPS) is 17.4. The first kappa shape index (κ1) is 21.4. The number of amides is 4. The lowest BCUT2D eigenvalue weighted by atomic mass is 10.0. The van der Waals surface area contributed by atoms with Gasteiger partial charge in [0.2, 0.25) is 11.8 Å². The Kier molecular flexibility index (Phi) is 4.74. The van der Waals surface area contributed by atoms with E-state index < -0.39 is 23.4 Å². The monoisotopic (exact) mass is 487 g/mol. The van der Waals surface area contributed by atoms with E-state index in [0.29, 0.717) is 16.9 Å². The Labute approximate surface area is 200 Å². The van der Waals surface area contributed by atoms with Crippen molar-refractivity contribution in [2.45, 2.75) is 25.4 Å². The van der Waals surface area contributed by atoms with E-state index in [0.717, 1.165) is 5.56 Å². The molecule has 180 valence electrons. The molecule has 14 nitrogen and oxygen atoms in total. The van der Waals surface area contributed by atoms with E-state index in [9.17, 15) is 24.0 Å². The van der Waals surface area contributed by atoms with Crippen molar-refractivity contribution < 1.29 is 19.2 Å². The van der Waals surface area contributed by atoms with Gasteiger partial charge in [0.25, 0.3) is 17.4 Å². The molecule has 0 bridgehead atoms. The first-order valence-corrected chi connectivity index (χ1v) is 11.0. The molecule has 4 aromatic rings. The summed E-state index contributed by atoms with van der Waals surface area (Å²) in [4.78, 5) is 67.4. The second-order valence-corrected chi connectivity index (χ2v) is 8.38. The van der Waals surface area contributed by atoms with Crippen LogP contribution in [0.3, 0.4) is 0 Å². The van der Waals surface area contributed by atoms with E-state index in [1.165, 1.54) is 26.5 Å². The summed E-state index contributed by atoms with van der Waals surface area (Å²) < 4.78 is 2.52. The minimum absolute atomic E-state index is 0.0360. The van der Waals surface area contributed by atoms with Crippen LogP contribution in [0.25, 0.3) is 11.3 Å². The van der Waals surface area contributed by atoms with Crippen molar-refractivity contribution in [3.8, 4) is 5.69 Å². The van der Waals surface area contributed by atoms with Crippen LogP contribution >= 0.6 is 0 Å². The first-order chi connectivity index (χ1) is 17.4. The number of nitrogens with zero attached hydrogens (tertiary/aromatic N) is 6. The molecule has 0 saturated carbocycles. The Morgan fingerprint density at radius 3 is 2.83 bits per heavy atom. The lowest BCUT2D eigenvalue weighted by Gasteiger charge is -2.29. The van der Waals surface area contributed by atoms with E-state index in [4.69, 9.17) is 0 Å². The predicted octanol–water partition coefficient (Wildman–Crippen LogP) is -0.383. The van der Waals surface area contributed by atoms with Crippen molar-refractivity contribution in [2.75, 3.05) is 5.32 Å². The van der Waals surface area contributed by atoms with Gasteiger partial charge in [0.15, 0.2) is 11.3 Å². The largest absolute Gasteiger partial charge is 0.322 e. The lowest BCUT2D eigenvalue weighted by Crippen LogP contribution is -2.52. The number of anilines is 1. The summed E-state index contributed by atoms with van der Waals surface area (Å²) in [5.41, 5.74) is 1.45. The third-order valence-corrected chi connectivity index (χ3v) is 6.18. The molecule has 1 atom stereocenters. The van der Waals surface area contributed by atoms with E-state index in [1.54, 1.807) is 30.5 Å². The molecule has 4 amide bonds. The molecule has 5 heterocycles. The Morgan fingerprint density at radius 2 is 2.00 bits per heavy atom. The van der Waals surface area contributed by atoms with Crippen LogP contribution in [0.5, 0.6) is 0 Å². The van der Waals surface area contributed by atoms with Gasteiger partial charge in [-0.05, 0) is 24.1 Å². The molecule has 1 aromatic carbocycles. The highest BCUT2D eigenvalue weighted by atomic mass is 16.2. The Balaban J connectivity index is 1.21. The maximum Gasteiger partial charge on any atom is 0.296 e. The summed E-state index contributed by atoms with van der Waals surface area (Å²) in [5.74, 6) is -1.81. The molecule has 36 heavy (non-hydrogen) atoms. The van der Waals surface area contributed by atoms with Gasteiger partial charge in [-0.2, -0.15) is 4.52 Å². The van der Waals surface area contributed by atoms with Crippen molar-refractivity contribution >= 4 is 35.0 Å². The van der Waals surface area contributed by atoms with Gasteiger partial charge in [0.05, 0.1) is 18.1 Å². The van der Waals surface area contributed by atoms with Crippen LogP contribution in [-0.2, 0) is 16.1 Å². The number of aromatic nitrogens is 6. The number of imide groups is 1. The zero-order valence-corrected chi connectivity index (χ0v) is 18.5. The number of fused-ring (bicyclic) bond motifs is 2. The van der Waals surface area contributed by atoms with Gasteiger partial charge in [0.1, 0.15) is 11.7 Å². The third kappa shape index (κ3) is 3.43. The molecule has 6 rings (SSSR count). The Morgan fingerprint density at radius 1 is 1.14 bits per heavy atom. The maximum atomic E-state index is 13.0. The lowest BCUT2D eigenvalue weighted by molar-refractivity contribution is -0.136. The summed E-state index contributed by atoms with van der Waals surface area (Å²) in [5, 5.41) is 15.3. The highest BCUT2D eigenvalue weighted by Gasteiger charge is 2.39. The number of hydrogen-bond acceptors (Lipinski definition) is 8. The Hall–Kier alpha value is -5.14. The molecule has 0 aliphatic carbocycles. The number of carbonyl (C=O) groups excluding carboxylic acids is 4. The van der Waals surface area contributed by atoms with Gasteiger partial charge >= 0.3 is 0 Å². The van der Waals surface area contributed by atoms with Crippen LogP contribution in [0.1, 0.15) is 39.3 Å². The molecule has 1 fully saturated rings. The number of nitrogens with one attached hydrogen (secondary N) is 3. The van der Waals surface area contributed by atoms with Crippen LogP contribution in [0.15, 0.2) is 47.7 Å². The summed E-state index contributed by atoms with van der Waals surface area (Å²) >= 11 is 0. The zero-order chi connectivity index (χ0) is 25.0. The fraction of sp³-hybridized carbons (Fsp3) is 0.182. The number of piperidine rings is 1. The summed E-state index contributed by atoms with van der Waals surface area (Å²) in [6.07, 6.45) is 4.62. The van der Waals surface area contributed by atoms with Crippen LogP contribution < -0.4 is 16.2 Å². The second-order valence-electron chi connectivity index (χ2n) is 8.38. The van der Waals surface area contributed by atoms with E-state index in [-0.39, 0.29) is 42.6 Å². The molecule has 14 heteroatoms. The van der Waals surface area contributed by atoms with Gasteiger partial charge in [-0.3, -0.25) is 34.4 Å². The fourth-order valence-electron chi connectivity index (χ4n) is 4.35. The number of hydrogen-bond donors (Lipinski definition) is 3. The van der Waals surface area contributed by atoms with Crippen molar-refractivity contribution in [2.24, 2.45) is 0 Å². The van der Waals surface area contributed by atoms with Crippen molar-refractivity contribution in [1.82, 2.24) is 39.8 Å². The third-order valence-electron chi connectivity index (χ3n) is 6.18. The number of rotatable bonds is 4. The van der Waals surface area contributed by atoms with E-state index >= 15 is 0 Å². The molecule has 0 spiro atoms. The van der Waals surface area contributed by atoms with Crippen molar-refractivity contribution in [1.29, 1.82) is 0 Å². The Bertz CT molecular complexity index is 1650. The topological polar surface area (TPSA) is 176 Å². The molecule has 2 aliphatic rings. The number of benzene rings is 1. The number of carbonyl (C=O) groups is 4. The first-order valence-electron chi connectivity index (χ1n) is 11.0. The molecule has 2 aliphatic heterocycles. The van der Waals surface area contributed by atoms with Gasteiger partial charge in [0, 0.05) is 30.8 Å². The van der Waals surface area contributed by atoms with E-state index in [2.05, 4.69) is 31.0 Å². The van der Waals surface area contributed by atoms with Gasteiger partial charge in [-0.1, -0.05) is 11.3 Å². The summed E-state index contributed by atoms with van der Waals surface area (Å²) in [7, 11) is 0. The molecule has 1 saturated heterocycles. The molecule has 0 radical (unpaired) electrons. The molecular weight excluding hydrogens is 470 g/mol. The summed E-state index contributed by atoms with van der Waals surface area (Å²) in [6.45, 7) is 0.250. The fourth-order valence-corrected chi connectivity index (χ4v) is 4.35. The van der Waals surface area contributed by atoms with Crippen molar-refractivity contribution in [3.05, 3.63) is 70.0 Å². The average Bonchev–Trinajstić information content (AvgIpc) is 3.60. The number of H-pyrrole nitrogens is 1. The highest BCUT2D eigenvalue weighted by molar-refractivity contribution is 6.05. The molecular formula is C22H17N9O5. The van der Waals surface area contributed by atoms with Crippen molar-refractivity contribution in [3.63, 3.8) is 0 Å². The molecule has 3 N–H and O–H groups in total. The standard InChI is InChI=1S/C22H17N9O5/c32-18-4-3-16(20(34)26-18)29-9-11-1-2-12(7-13(11)21(29)35)30-10-15(27-28-30)19(33)25-14-8-23-17-5-6-24-31(17)22(14)36/h1-2,5-8,10,16,24H,3-4,9H2,(H,25,33)(H,26,32,34). The second kappa shape index (κ2) is 7.97. The summed E-state index contributed by atoms with van der Waals surface area (Å²) in [6, 6.07) is 5.97. The molecule has 1 unspecified atom stereocenters. The minimum atomic E-state index is -0.712. The predicted molar refractivity (Wildman–Crippen MR) is 121 cm³/mol. The van der Waals surface area contributed by atoms with Crippen LogP contribution in [0, 0.1) is 0 Å². The maximum absolute atomic E-state index is 13.0. The highest BCUT2D eigenvalue weighted by Crippen LogP contribution is 2.29. The zero-order valence-electron chi connectivity index (χ0n) is 18.5. The van der Waals surface area contributed by atoms with Crippen LogP contribution in [-0.4, -0.2) is 64.2 Å². The van der Waals surface area contributed by atoms with Crippen LogP contribution in [0.4, 0.5) is 5.69 Å². The smallest absolute Gasteiger partial charge is 0.296 e. The average molecular weight is 487 g/mol. The number of aromatic amines is 1. The van der Waals surface area contributed by atoms with Crippen LogP contribution in [0.2, 0.25) is 0 Å². The molecule has 3 aromatic heterocycles. The van der Waals surface area contributed by atoms with Gasteiger partial charge < -0.3 is 10.2 Å².